The Balaban J connectivity index is 1.82. The number of hydrogen-bond donors (Lipinski definition) is 0. The molecule has 3 rings (SSSR count). The van der Waals surface area contributed by atoms with Crippen molar-refractivity contribution in [1.82, 2.24) is 9.47 Å². The number of hydrogen-bond acceptors (Lipinski definition) is 2. The van der Waals surface area contributed by atoms with E-state index in [4.69, 9.17) is 0 Å². The molecule has 1 unspecified atom stereocenters. The highest BCUT2D eigenvalue weighted by Crippen LogP contribution is 2.32. The molecule has 4 nitrogen and oxygen atoms in total. The largest absolute Gasteiger partial charge is 0.421 e. The number of rotatable bonds is 3. The maximum atomic E-state index is 13.1. The zero-order chi connectivity index (χ0) is 18.9. The second-order valence-electron chi connectivity index (χ2n) is 6.15. The molecule has 0 N–H and O–H groups in total. The van der Waals surface area contributed by atoms with Gasteiger partial charge in [0, 0.05) is 12.7 Å². The van der Waals surface area contributed by atoms with Crippen LogP contribution >= 0.6 is 0 Å². The van der Waals surface area contributed by atoms with Gasteiger partial charge in [0.25, 0.3) is 5.56 Å². The van der Waals surface area contributed by atoms with Gasteiger partial charge in [-0.05, 0) is 42.7 Å². The first-order valence-corrected chi connectivity index (χ1v) is 8.09. The molecule has 1 aliphatic rings. The molecule has 8 heteroatoms. The molecule has 0 radical (unpaired) electrons. The Hall–Kier alpha value is -2.64. The van der Waals surface area contributed by atoms with Crippen molar-refractivity contribution in [2.75, 3.05) is 6.54 Å². The molecule has 2 heterocycles. The second-order valence-corrected chi connectivity index (χ2v) is 6.15. The zero-order valence-electron chi connectivity index (χ0n) is 13.7. The SMILES string of the molecule is O=C(Cn1cccc(C(F)(F)F)c1=O)N1CCCC1c1ccc(F)cc1. The topological polar surface area (TPSA) is 42.3 Å². The summed E-state index contributed by atoms with van der Waals surface area (Å²) in [5.41, 5.74) is -1.79. The number of aromatic nitrogens is 1. The van der Waals surface area contributed by atoms with Crippen LogP contribution in [0.15, 0.2) is 47.4 Å². The normalized spacial score (nSPS) is 17.5. The maximum Gasteiger partial charge on any atom is 0.421 e. The predicted molar refractivity (Wildman–Crippen MR) is 85.8 cm³/mol. The molecule has 1 fully saturated rings. The average molecular weight is 368 g/mol. The molecule has 0 spiro atoms. The number of likely N-dealkylation sites (tertiary alicyclic amines) is 1. The molecule has 0 bridgehead atoms. The van der Waals surface area contributed by atoms with Crippen LogP contribution in [-0.4, -0.2) is 21.9 Å². The minimum absolute atomic E-state index is 0.274. The highest BCUT2D eigenvalue weighted by atomic mass is 19.4. The van der Waals surface area contributed by atoms with Crippen LogP contribution in [0, 0.1) is 5.82 Å². The van der Waals surface area contributed by atoms with E-state index < -0.39 is 29.8 Å². The first-order valence-electron chi connectivity index (χ1n) is 8.09. The van der Waals surface area contributed by atoms with Gasteiger partial charge in [0.2, 0.25) is 5.91 Å². The van der Waals surface area contributed by atoms with Crippen LogP contribution in [-0.2, 0) is 17.5 Å². The van der Waals surface area contributed by atoms with Crippen molar-refractivity contribution in [3.05, 3.63) is 69.9 Å². The maximum absolute atomic E-state index is 13.1. The number of alkyl halides is 3. The lowest BCUT2D eigenvalue weighted by molar-refractivity contribution is -0.139. The first-order chi connectivity index (χ1) is 12.3. The van der Waals surface area contributed by atoms with Crippen molar-refractivity contribution in [2.24, 2.45) is 0 Å². The number of amides is 1. The summed E-state index contributed by atoms with van der Waals surface area (Å²) in [5.74, 6) is -0.835. The fraction of sp³-hybridized carbons (Fsp3) is 0.333. The van der Waals surface area contributed by atoms with E-state index in [9.17, 15) is 27.2 Å². The zero-order valence-corrected chi connectivity index (χ0v) is 13.7. The number of halogens is 4. The molecule has 0 aliphatic carbocycles. The molecule has 1 saturated heterocycles. The Labute approximate surface area is 146 Å². The number of pyridine rings is 1. The molecule has 26 heavy (non-hydrogen) atoms. The predicted octanol–water partition coefficient (Wildman–Crippen LogP) is 3.37. The number of carbonyl (C=O) groups is 1. The van der Waals surface area contributed by atoms with Gasteiger partial charge in [0.1, 0.15) is 17.9 Å². The summed E-state index contributed by atoms with van der Waals surface area (Å²) in [6.45, 7) is -0.0327. The Kier molecular flexibility index (Phi) is 4.84. The van der Waals surface area contributed by atoms with Crippen LogP contribution in [0.3, 0.4) is 0 Å². The van der Waals surface area contributed by atoms with Crippen molar-refractivity contribution in [3.63, 3.8) is 0 Å². The molecule has 1 aromatic carbocycles. The fourth-order valence-electron chi connectivity index (χ4n) is 3.21. The number of nitrogens with zero attached hydrogens (tertiary/aromatic N) is 2. The lowest BCUT2D eigenvalue weighted by atomic mass is 10.0. The second kappa shape index (κ2) is 6.93. The molecule has 2 aromatic rings. The average Bonchev–Trinajstić information content (AvgIpc) is 3.06. The van der Waals surface area contributed by atoms with Gasteiger partial charge in [-0.2, -0.15) is 13.2 Å². The van der Waals surface area contributed by atoms with Gasteiger partial charge in [0.05, 0.1) is 6.04 Å². The summed E-state index contributed by atoms with van der Waals surface area (Å²) in [5, 5.41) is 0. The first kappa shape index (κ1) is 18.2. The highest BCUT2D eigenvalue weighted by Gasteiger charge is 2.35. The third-order valence-electron chi connectivity index (χ3n) is 4.46. The van der Waals surface area contributed by atoms with Gasteiger partial charge < -0.3 is 9.47 Å². The van der Waals surface area contributed by atoms with Gasteiger partial charge in [0.15, 0.2) is 0 Å². The third-order valence-corrected chi connectivity index (χ3v) is 4.46. The lowest BCUT2D eigenvalue weighted by Gasteiger charge is -2.25. The van der Waals surface area contributed by atoms with Crippen LogP contribution in [0.2, 0.25) is 0 Å². The Bertz CT molecular complexity index is 859. The van der Waals surface area contributed by atoms with Crippen molar-refractivity contribution >= 4 is 5.91 Å². The summed E-state index contributed by atoms with van der Waals surface area (Å²) in [4.78, 5) is 26.1. The van der Waals surface area contributed by atoms with Crippen molar-refractivity contribution in [1.29, 1.82) is 0 Å². The molecular weight excluding hydrogens is 352 g/mol. The van der Waals surface area contributed by atoms with Gasteiger partial charge in [-0.1, -0.05) is 12.1 Å². The van der Waals surface area contributed by atoms with E-state index in [1.165, 1.54) is 23.2 Å². The summed E-state index contributed by atoms with van der Waals surface area (Å²) in [6, 6.07) is 7.29. The smallest absolute Gasteiger partial charge is 0.334 e. The van der Waals surface area contributed by atoms with E-state index in [1.54, 1.807) is 12.1 Å². The van der Waals surface area contributed by atoms with Crippen LogP contribution in [0.1, 0.15) is 30.0 Å². The van der Waals surface area contributed by atoms with Gasteiger partial charge in [-0.25, -0.2) is 4.39 Å². The number of carbonyl (C=O) groups excluding carboxylic acids is 1. The molecule has 138 valence electrons. The standard InChI is InChI=1S/C18H16F4N2O2/c19-13-7-5-12(6-8-13)15-4-2-10-24(15)16(25)11-23-9-1-3-14(17(23)26)18(20,21)22/h1,3,5-9,15H,2,4,10-11H2. The molecule has 1 amide bonds. The van der Waals surface area contributed by atoms with E-state index in [0.29, 0.717) is 19.0 Å². The van der Waals surface area contributed by atoms with Crippen molar-refractivity contribution in [2.45, 2.75) is 31.6 Å². The quantitative estimate of drug-likeness (QED) is 0.780. The molecule has 1 aliphatic heterocycles. The molecular formula is C18H16F4N2O2. The third kappa shape index (κ3) is 3.63. The summed E-state index contributed by atoms with van der Waals surface area (Å²) in [6.07, 6.45) is -2.20. The Morgan fingerprint density at radius 1 is 1.15 bits per heavy atom. The van der Waals surface area contributed by atoms with E-state index in [1.807, 2.05) is 0 Å². The van der Waals surface area contributed by atoms with Crippen molar-refractivity contribution < 1.29 is 22.4 Å². The minimum atomic E-state index is -4.77. The fourth-order valence-corrected chi connectivity index (χ4v) is 3.21. The summed E-state index contributed by atoms with van der Waals surface area (Å²) >= 11 is 0. The van der Waals surface area contributed by atoms with Crippen molar-refractivity contribution in [3.8, 4) is 0 Å². The molecule has 1 atom stereocenters. The Morgan fingerprint density at radius 2 is 1.85 bits per heavy atom. The Morgan fingerprint density at radius 3 is 2.50 bits per heavy atom. The van der Waals surface area contributed by atoms with Crippen LogP contribution < -0.4 is 5.56 Å². The van der Waals surface area contributed by atoms with Crippen LogP contribution in [0.4, 0.5) is 17.6 Å². The highest BCUT2D eigenvalue weighted by molar-refractivity contribution is 5.77. The minimum Gasteiger partial charge on any atom is -0.334 e. The van der Waals surface area contributed by atoms with E-state index in [-0.39, 0.29) is 11.9 Å². The summed E-state index contributed by atoms with van der Waals surface area (Å²) in [7, 11) is 0. The monoisotopic (exact) mass is 368 g/mol. The van der Waals surface area contributed by atoms with Gasteiger partial charge >= 0.3 is 6.18 Å². The van der Waals surface area contributed by atoms with E-state index in [0.717, 1.165) is 22.6 Å². The van der Waals surface area contributed by atoms with Gasteiger partial charge in [-0.3, -0.25) is 9.59 Å². The molecule has 0 saturated carbocycles. The lowest BCUT2D eigenvalue weighted by Crippen LogP contribution is -2.37. The number of benzene rings is 1. The van der Waals surface area contributed by atoms with Crippen LogP contribution in [0.25, 0.3) is 0 Å². The van der Waals surface area contributed by atoms with Crippen LogP contribution in [0.5, 0.6) is 0 Å². The van der Waals surface area contributed by atoms with E-state index in [2.05, 4.69) is 0 Å². The van der Waals surface area contributed by atoms with Gasteiger partial charge in [-0.15, -0.1) is 0 Å². The van der Waals surface area contributed by atoms with E-state index >= 15 is 0 Å². The summed E-state index contributed by atoms with van der Waals surface area (Å²) < 4.78 is 52.4. The molecule has 1 aromatic heterocycles.